The van der Waals surface area contributed by atoms with Gasteiger partial charge in [-0.2, -0.15) is 4.98 Å². The van der Waals surface area contributed by atoms with E-state index in [4.69, 9.17) is 15.0 Å². The molecule has 1 atom stereocenters. The molecule has 17 heavy (non-hydrogen) atoms. The van der Waals surface area contributed by atoms with Crippen LogP contribution in [0.4, 0.5) is 0 Å². The van der Waals surface area contributed by atoms with Crippen molar-refractivity contribution >= 4 is 0 Å². The van der Waals surface area contributed by atoms with Crippen LogP contribution < -0.4 is 5.73 Å². The largest absolute Gasteiger partial charge is 0.370 e. The lowest BCUT2D eigenvalue weighted by molar-refractivity contribution is -0.0306. The summed E-state index contributed by atoms with van der Waals surface area (Å²) in [7, 11) is 1.68. The predicted octanol–water partition coefficient (Wildman–Crippen LogP) is 2.01. The number of nitrogens with two attached hydrogens (primary N) is 1. The Hall–Kier alpha value is -0.940. The maximum atomic E-state index is 5.86. The standard InChI is InChI=1S/C12H23N3O2/c1-5-9(13)8-10-14-11(15-17-10)12(6-2,7-3)16-4/h9H,5-8,13H2,1-4H3. The van der Waals surface area contributed by atoms with Crippen LogP contribution in [0.2, 0.25) is 0 Å². The minimum absolute atomic E-state index is 0.0727. The zero-order valence-electron chi connectivity index (χ0n) is 11.2. The fourth-order valence-corrected chi connectivity index (χ4v) is 1.84. The third kappa shape index (κ3) is 3.04. The van der Waals surface area contributed by atoms with Crippen LogP contribution in [0.15, 0.2) is 4.52 Å². The first kappa shape index (κ1) is 14.1. The van der Waals surface area contributed by atoms with E-state index in [-0.39, 0.29) is 6.04 Å². The summed E-state index contributed by atoms with van der Waals surface area (Å²) in [5.41, 5.74) is 5.43. The number of ether oxygens (including phenoxy) is 1. The van der Waals surface area contributed by atoms with E-state index in [1.54, 1.807) is 7.11 Å². The Kier molecular flexibility index (Phi) is 5.08. The highest BCUT2D eigenvalue weighted by atomic mass is 16.5. The molecule has 0 saturated heterocycles. The van der Waals surface area contributed by atoms with Gasteiger partial charge in [0.2, 0.25) is 11.7 Å². The summed E-state index contributed by atoms with van der Waals surface area (Å²) >= 11 is 0. The third-order valence-corrected chi connectivity index (χ3v) is 3.37. The first-order chi connectivity index (χ1) is 8.11. The van der Waals surface area contributed by atoms with E-state index in [9.17, 15) is 0 Å². The molecule has 5 heteroatoms. The van der Waals surface area contributed by atoms with Gasteiger partial charge in [-0.1, -0.05) is 25.9 Å². The SMILES string of the molecule is CCC(N)Cc1nc(C(CC)(CC)OC)no1. The van der Waals surface area contributed by atoms with E-state index in [0.29, 0.717) is 18.1 Å². The molecule has 0 aromatic carbocycles. The lowest BCUT2D eigenvalue weighted by atomic mass is 9.96. The Morgan fingerprint density at radius 3 is 2.47 bits per heavy atom. The van der Waals surface area contributed by atoms with E-state index < -0.39 is 5.60 Å². The Morgan fingerprint density at radius 2 is 2.00 bits per heavy atom. The minimum Gasteiger partial charge on any atom is -0.370 e. The Bertz CT molecular complexity index is 326. The van der Waals surface area contributed by atoms with Crippen LogP contribution in [-0.2, 0) is 16.8 Å². The number of hydrogen-bond donors (Lipinski definition) is 1. The van der Waals surface area contributed by atoms with Crippen LogP contribution >= 0.6 is 0 Å². The van der Waals surface area contributed by atoms with Crippen molar-refractivity contribution in [3.63, 3.8) is 0 Å². The van der Waals surface area contributed by atoms with Crippen LogP contribution in [0.3, 0.4) is 0 Å². The molecule has 1 aromatic heterocycles. The summed E-state index contributed by atoms with van der Waals surface area (Å²) in [4.78, 5) is 4.40. The quantitative estimate of drug-likeness (QED) is 0.790. The van der Waals surface area contributed by atoms with Gasteiger partial charge in [-0.15, -0.1) is 0 Å². The van der Waals surface area contributed by atoms with Gasteiger partial charge in [0, 0.05) is 19.6 Å². The van der Waals surface area contributed by atoms with Gasteiger partial charge in [0.15, 0.2) is 0 Å². The molecule has 1 aromatic rings. The molecule has 1 rings (SSSR count). The monoisotopic (exact) mass is 241 g/mol. The molecule has 0 radical (unpaired) electrons. The molecule has 0 aliphatic carbocycles. The van der Waals surface area contributed by atoms with E-state index in [0.717, 1.165) is 19.3 Å². The van der Waals surface area contributed by atoms with Gasteiger partial charge >= 0.3 is 0 Å². The molecule has 98 valence electrons. The molecule has 0 saturated carbocycles. The highest BCUT2D eigenvalue weighted by Crippen LogP contribution is 2.30. The molecule has 0 bridgehead atoms. The summed E-state index contributed by atoms with van der Waals surface area (Å²) in [6, 6.07) is 0.0727. The zero-order chi connectivity index (χ0) is 12.9. The van der Waals surface area contributed by atoms with Gasteiger partial charge in [0.25, 0.3) is 0 Å². The van der Waals surface area contributed by atoms with Crippen molar-refractivity contribution in [1.82, 2.24) is 10.1 Å². The van der Waals surface area contributed by atoms with Gasteiger partial charge in [0.05, 0.1) is 0 Å². The third-order valence-electron chi connectivity index (χ3n) is 3.37. The summed E-state index contributed by atoms with van der Waals surface area (Å²) in [5.74, 6) is 1.22. The molecule has 0 spiro atoms. The van der Waals surface area contributed by atoms with E-state index in [1.807, 2.05) is 6.92 Å². The van der Waals surface area contributed by atoms with Crippen molar-refractivity contribution in [2.45, 2.75) is 58.1 Å². The Labute approximate surface area is 103 Å². The molecule has 1 unspecified atom stereocenters. The molecule has 2 N–H and O–H groups in total. The van der Waals surface area contributed by atoms with Crippen LogP contribution in [-0.4, -0.2) is 23.3 Å². The predicted molar refractivity (Wildman–Crippen MR) is 65.5 cm³/mol. The fraction of sp³-hybridized carbons (Fsp3) is 0.833. The van der Waals surface area contributed by atoms with Gasteiger partial charge in [-0.05, 0) is 19.3 Å². The van der Waals surface area contributed by atoms with Crippen molar-refractivity contribution in [1.29, 1.82) is 0 Å². The minimum atomic E-state index is -0.432. The lowest BCUT2D eigenvalue weighted by Gasteiger charge is -2.25. The van der Waals surface area contributed by atoms with E-state index in [2.05, 4.69) is 24.0 Å². The van der Waals surface area contributed by atoms with Crippen LogP contribution in [0.1, 0.15) is 51.7 Å². The average molecular weight is 241 g/mol. The first-order valence-corrected chi connectivity index (χ1v) is 6.25. The van der Waals surface area contributed by atoms with Crippen molar-refractivity contribution in [3.05, 3.63) is 11.7 Å². The highest BCUT2D eigenvalue weighted by Gasteiger charge is 2.33. The number of methoxy groups -OCH3 is 1. The number of nitrogens with zero attached hydrogens (tertiary/aromatic N) is 2. The maximum absolute atomic E-state index is 5.86. The topological polar surface area (TPSA) is 74.2 Å². The second kappa shape index (κ2) is 6.12. The fourth-order valence-electron chi connectivity index (χ4n) is 1.84. The zero-order valence-corrected chi connectivity index (χ0v) is 11.2. The van der Waals surface area contributed by atoms with Gasteiger partial charge in [-0.25, -0.2) is 0 Å². The Balaban J connectivity index is 2.85. The van der Waals surface area contributed by atoms with Crippen LogP contribution in [0.5, 0.6) is 0 Å². The highest BCUT2D eigenvalue weighted by molar-refractivity contribution is 5.01. The molecule has 0 aliphatic rings. The molecule has 0 amide bonds. The van der Waals surface area contributed by atoms with Crippen molar-refractivity contribution in [2.75, 3.05) is 7.11 Å². The van der Waals surface area contributed by atoms with Gasteiger partial charge in [-0.3, -0.25) is 0 Å². The second-order valence-electron chi connectivity index (χ2n) is 4.29. The number of hydrogen-bond acceptors (Lipinski definition) is 5. The summed E-state index contributed by atoms with van der Waals surface area (Å²) in [5, 5.41) is 4.02. The lowest BCUT2D eigenvalue weighted by Crippen LogP contribution is -2.28. The van der Waals surface area contributed by atoms with Crippen molar-refractivity contribution in [2.24, 2.45) is 5.73 Å². The molecule has 0 aliphatic heterocycles. The second-order valence-corrected chi connectivity index (χ2v) is 4.29. The Morgan fingerprint density at radius 1 is 1.35 bits per heavy atom. The molecular weight excluding hydrogens is 218 g/mol. The molecule has 5 nitrogen and oxygen atoms in total. The summed E-state index contributed by atoms with van der Waals surface area (Å²) < 4.78 is 10.8. The van der Waals surface area contributed by atoms with Gasteiger partial charge in [0.1, 0.15) is 5.60 Å². The van der Waals surface area contributed by atoms with E-state index >= 15 is 0 Å². The summed E-state index contributed by atoms with van der Waals surface area (Å²) in [6.07, 6.45) is 3.16. The number of rotatable bonds is 7. The first-order valence-electron chi connectivity index (χ1n) is 6.25. The maximum Gasteiger partial charge on any atom is 0.228 e. The van der Waals surface area contributed by atoms with Crippen LogP contribution in [0, 0.1) is 0 Å². The van der Waals surface area contributed by atoms with Crippen molar-refractivity contribution < 1.29 is 9.26 Å². The normalized spacial score (nSPS) is 13.9. The average Bonchev–Trinajstić information content (AvgIpc) is 2.81. The molecular formula is C12H23N3O2. The molecule has 0 fully saturated rings. The van der Waals surface area contributed by atoms with Crippen LogP contribution in [0.25, 0.3) is 0 Å². The van der Waals surface area contributed by atoms with Crippen molar-refractivity contribution in [3.8, 4) is 0 Å². The molecule has 1 heterocycles. The van der Waals surface area contributed by atoms with Gasteiger partial charge < -0.3 is 15.0 Å². The number of aromatic nitrogens is 2. The smallest absolute Gasteiger partial charge is 0.228 e. The van der Waals surface area contributed by atoms with E-state index in [1.165, 1.54) is 0 Å². The summed E-state index contributed by atoms with van der Waals surface area (Å²) in [6.45, 7) is 6.15.